The molecule has 18 heavy (non-hydrogen) atoms. The third-order valence-corrected chi connectivity index (χ3v) is 4.06. The first-order valence-electron chi connectivity index (χ1n) is 6.54. The number of hydrogen-bond acceptors (Lipinski definition) is 3. The summed E-state index contributed by atoms with van der Waals surface area (Å²) in [5.74, 6) is 0. The van der Waals surface area contributed by atoms with E-state index < -0.39 is 0 Å². The topological polar surface area (TPSA) is 15.3 Å². The van der Waals surface area contributed by atoms with Crippen molar-refractivity contribution in [1.82, 2.24) is 10.2 Å². The lowest BCUT2D eigenvalue weighted by Gasteiger charge is -2.17. The molecule has 3 heteroatoms. The van der Waals surface area contributed by atoms with Crippen LogP contribution in [0.4, 0.5) is 0 Å². The van der Waals surface area contributed by atoms with E-state index >= 15 is 0 Å². The summed E-state index contributed by atoms with van der Waals surface area (Å²) in [7, 11) is 2.19. The molecule has 2 aromatic rings. The van der Waals surface area contributed by atoms with Crippen LogP contribution < -0.4 is 5.32 Å². The van der Waals surface area contributed by atoms with Crippen LogP contribution in [0.2, 0.25) is 0 Å². The standard InChI is InChI=1S/C15H22N2S/c1-12(2)16-8-9-17(3)10-13-11-18-15-7-5-4-6-14(13)15/h4-7,11-12,16H,8-10H2,1-3H3. The minimum Gasteiger partial charge on any atom is -0.313 e. The molecule has 0 spiro atoms. The van der Waals surface area contributed by atoms with Crippen LogP contribution >= 0.6 is 11.3 Å². The summed E-state index contributed by atoms with van der Waals surface area (Å²) in [6.45, 7) is 7.54. The van der Waals surface area contributed by atoms with Gasteiger partial charge in [-0.2, -0.15) is 0 Å². The molecular weight excluding hydrogens is 240 g/mol. The maximum atomic E-state index is 3.45. The second kappa shape index (κ2) is 6.32. The van der Waals surface area contributed by atoms with Gasteiger partial charge in [0.05, 0.1) is 0 Å². The second-order valence-corrected chi connectivity index (χ2v) is 6.01. The van der Waals surface area contributed by atoms with Crippen molar-refractivity contribution in [2.45, 2.75) is 26.4 Å². The maximum Gasteiger partial charge on any atom is 0.0346 e. The predicted octanol–water partition coefficient (Wildman–Crippen LogP) is 3.33. The summed E-state index contributed by atoms with van der Waals surface area (Å²) in [5.41, 5.74) is 1.45. The molecule has 0 bridgehead atoms. The van der Waals surface area contributed by atoms with Crippen molar-refractivity contribution in [1.29, 1.82) is 0 Å². The van der Waals surface area contributed by atoms with E-state index in [1.54, 1.807) is 0 Å². The summed E-state index contributed by atoms with van der Waals surface area (Å²) in [5, 5.41) is 7.15. The summed E-state index contributed by atoms with van der Waals surface area (Å²) in [6, 6.07) is 9.23. The minimum absolute atomic E-state index is 0.570. The van der Waals surface area contributed by atoms with E-state index in [1.165, 1.54) is 15.6 Å². The van der Waals surface area contributed by atoms with E-state index in [0.717, 1.165) is 19.6 Å². The fourth-order valence-corrected chi connectivity index (χ4v) is 3.02. The van der Waals surface area contributed by atoms with Crippen LogP contribution in [0.1, 0.15) is 19.4 Å². The predicted molar refractivity (Wildman–Crippen MR) is 81.3 cm³/mol. The first-order valence-corrected chi connectivity index (χ1v) is 7.42. The number of benzene rings is 1. The van der Waals surface area contributed by atoms with E-state index in [1.807, 2.05) is 11.3 Å². The lowest BCUT2D eigenvalue weighted by Crippen LogP contribution is -2.32. The number of likely N-dealkylation sites (N-methyl/N-ethyl adjacent to an activating group) is 1. The average molecular weight is 262 g/mol. The Morgan fingerprint density at radius 1 is 1.28 bits per heavy atom. The lowest BCUT2D eigenvalue weighted by atomic mass is 10.2. The fraction of sp³-hybridized carbons (Fsp3) is 0.467. The molecule has 98 valence electrons. The Morgan fingerprint density at radius 2 is 2.06 bits per heavy atom. The van der Waals surface area contributed by atoms with Gasteiger partial charge in [0.1, 0.15) is 0 Å². The smallest absolute Gasteiger partial charge is 0.0346 e. The van der Waals surface area contributed by atoms with Gasteiger partial charge in [0.25, 0.3) is 0 Å². The van der Waals surface area contributed by atoms with E-state index in [0.29, 0.717) is 6.04 Å². The van der Waals surface area contributed by atoms with Gasteiger partial charge < -0.3 is 10.2 Å². The highest BCUT2D eigenvalue weighted by molar-refractivity contribution is 7.17. The average Bonchev–Trinajstić information content (AvgIpc) is 2.72. The van der Waals surface area contributed by atoms with Crippen molar-refractivity contribution in [3.05, 3.63) is 35.2 Å². The molecule has 0 unspecified atom stereocenters. The van der Waals surface area contributed by atoms with Crippen molar-refractivity contribution in [2.75, 3.05) is 20.1 Å². The number of rotatable bonds is 6. The quantitative estimate of drug-likeness (QED) is 0.859. The Bertz CT molecular complexity index is 490. The van der Waals surface area contributed by atoms with Crippen LogP contribution in [-0.4, -0.2) is 31.1 Å². The zero-order chi connectivity index (χ0) is 13.0. The normalized spacial score (nSPS) is 11.8. The van der Waals surface area contributed by atoms with Gasteiger partial charge in [-0.05, 0) is 29.4 Å². The third-order valence-electron chi connectivity index (χ3n) is 3.05. The van der Waals surface area contributed by atoms with Crippen molar-refractivity contribution in [3.8, 4) is 0 Å². The van der Waals surface area contributed by atoms with Gasteiger partial charge in [-0.15, -0.1) is 11.3 Å². The van der Waals surface area contributed by atoms with Crippen molar-refractivity contribution in [3.63, 3.8) is 0 Å². The summed E-state index contributed by atoms with van der Waals surface area (Å²) < 4.78 is 1.39. The molecule has 0 aliphatic carbocycles. The fourth-order valence-electron chi connectivity index (χ4n) is 2.07. The molecular formula is C15H22N2S. The van der Waals surface area contributed by atoms with Crippen LogP contribution in [0.25, 0.3) is 10.1 Å². The highest BCUT2D eigenvalue weighted by Gasteiger charge is 2.06. The molecule has 2 rings (SSSR count). The van der Waals surface area contributed by atoms with Gasteiger partial charge in [-0.3, -0.25) is 0 Å². The molecule has 1 aromatic heterocycles. The molecule has 0 amide bonds. The van der Waals surface area contributed by atoms with Gasteiger partial charge in [0, 0.05) is 30.4 Å². The van der Waals surface area contributed by atoms with Crippen molar-refractivity contribution >= 4 is 21.4 Å². The Balaban J connectivity index is 1.92. The van der Waals surface area contributed by atoms with Gasteiger partial charge in [-0.25, -0.2) is 0 Å². The van der Waals surface area contributed by atoms with E-state index in [2.05, 4.69) is 60.8 Å². The molecule has 1 N–H and O–H groups in total. The van der Waals surface area contributed by atoms with Gasteiger partial charge in [-0.1, -0.05) is 32.0 Å². The zero-order valence-corrected chi connectivity index (χ0v) is 12.3. The highest BCUT2D eigenvalue weighted by atomic mass is 32.1. The number of nitrogens with one attached hydrogen (secondary N) is 1. The number of fused-ring (bicyclic) bond motifs is 1. The molecule has 1 heterocycles. The maximum absolute atomic E-state index is 3.45. The molecule has 0 saturated heterocycles. The molecule has 0 saturated carbocycles. The summed E-state index contributed by atoms with van der Waals surface area (Å²) in [4.78, 5) is 2.38. The third kappa shape index (κ3) is 3.55. The lowest BCUT2D eigenvalue weighted by molar-refractivity contribution is 0.321. The largest absolute Gasteiger partial charge is 0.313 e. The molecule has 1 aromatic carbocycles. The van der Waals surface area contributed by atoms with Crippen LogP contribution in [0.5, 0.6) is 0 Å². The number of hydrogen-bond donors (Lipinski definition) is 1. The highest BCUT2D eigenvalue weighted by Crippen LogP contribution is 2.26. The Labute approximate surface area is 114 Å². The molecule has 2 nitrogen and oxygen atoms in total. The van der Waals surface area contributed by atoms with E-state index in [9.17, 15) is 0 Å². The Hall–Kier alpha value is -0.900. The Morgan fingerprint density at radius 3 is 2.83 bits per heavy atom. The molecule has 0 aliphatic heterocycles. The van der Waals surface area contributed by atoms with Gasteiger partial charge >= 0.3 is 0 Å². The van der Waals surface area contributed by atoms with E-state index in [4.69, 9.17) is 0 Å². The monoisotopic (exact) mass is 262 g/mol. The zero-order valence-electron chi connectivity index (χ0n) is 11.4. The molecule has 0 fully saturated rings. The first kappa shape index (κ1) is 13.5. The van der Waals surface area contributed by atoms with Crippen molar-refractivity contribution in [2.24, 2.45) is 0 Å². The molecule has 0 atom stereocenters. The van der Waals surface area contributed by atoms with Crippen LogP contribution in [0.3, 0.4) is 0 Å². The van der Waals surface area contributed by atoms with Crippen LogP contribution in [0, 0.1) is 0 Å². The molecule has 0 radical (unpaired) electrons. The second-order valence-electron chi connectivity index (χ2n) is 5.10. The van der Waals surface area contributed by atoms with Crippen LogP contribution in [0.15, 0.2) is 29.6 Å². The van der Waals surface area contributed by atoms with Crippen molar-refractivity contribution < 1.29 is 0 Å². The minimum atomic E-state index is 0.570. The molecule has 0 aliphatic rings. The van der Waals surface area contributed by atoms with Gasteiger partial charge in [0.2, 0.25) is 0 Å². The SMILES string of the molecule is CC(C)NCCN(C)Cc1csc2ccccc12. The first-order chi connectivity index (χ1) is 8.66. The summed E-state index contributed by atoms with van der Waals surface area (Å²) in [6.07, 6.45) is 0. The number of thiophene rings is 1. The Kier molecular flexibility index (Phi) is 4.75. The summed E-state index contributed by atoms with van der Waals surface area (Å²) >= 11 is 1.84. The number of nitrogens with zero attached hydrogens (tertiary/aromatic N) is 1. The van der Waals surface area contributed by atoms with E-state index in [-0.39, 0.29) is 0 Å². The van der Waals surface area contributed by atoms with Crippen LogP contribution in [-0.2, 0) is 6.54 Å². The van der Waals surface area contributed by atoms with Gasteiger partial charge in [0.15, 0.2) is 0 Å².